The molecule has 24 heavy (non-hydrogen) atoms. The number of hydrogen-bond acceptors (Lipinski definition) is 2. The highest BCUT2D eigenvalue weighted by Crippen LogP contribution is 2.39. The number of rotatable bonds is 5. The number of benzene rings is 2. The van der Waals surface area contributed by atoms with Crippen molar-refractivity contribution in [1.82, 2.24) is 5.32 Å². The summed E-state index contributed by atoms with van der Waals surface area (Å²) in [7, 11) is 1.63. The summed E-state index contributed by atoms with van der Waals surface area (Å²) in [6.45, 7) is 0. The van der Waals surface area contributed by atoms with Gasteiger partial charge in [-0.15, -0.1) is 0 Å². The third-order valence-corrected chi connectivity index (χ3v) is 4.99. The van der Waals surface area contributed by atoms with Gasteiger partial charge in [0.2, 0.25) is 5.91 Å². The van der Waals surface area contributed by atoms with Crippen molar-refractivity contribution in [2.24, 2.45) is 0 Å². The van der Waals surface area contributed by atoms with Crippen molar-refractivity contribution in [3.05, 3.63) is 64.7 Å². The van der Waals surface area contributed by atoms with E-state index in [4.69, 9.17) is 16.3 Å². The lowest BCUT2D eigenvalue weighted by atomic mass is 9.88. The molecule has 0 aliphatic heterocycles. The van der Waals surface area contributed by atoms with Crippen LogP contribution in [0.4, 0.5) is 0 Å². The predicted octanol–water partition coefficient (Wildman–Crippen LogP) is 4.48. The second-order valence-corrected chi connectivity index (χ2v) is 6.77. The van der Waals surface area contributed by atoms with Gasteiger partial charge in [-0.3, -0.25) is 4.79 Å². The first-order chi connectivity index (χ1) is 11.6. The van der Waals surface area contributed by atoms with E-state index in [1.807, 2.05) is 42.5 Å². The van der Waals surface area contributed by atoms with E-state index in [1.54, 1.807) is 7.11 Å². The summed E-state index contributed by atoms with van der Waals surface area (Å²) in [5.41, 5.74) is 1.70. The van der Waals surface area contributed by atoms with Gasteiger partial charge in [0.15, 0.2) is 0 Å². The van der Waals surface area contributed by atoms with E-state index in [1.165, 1.54) is 0 Å². The molecule has 1 aliphatic rings. The van der Waals surface area contributed by atoms with Crippen LogP contribution in [0.25, 0.3) is 0 Å². The normalized spacial score (nSPS) is 15.9. The second-order valence-electron chi connectivity index (χ2n) is 6.34. The number of carbonyl (C=O) groups is 1. The first-order valence-corrected chi connectivity index (χ1v) is 8.70. The molecule has 2 aromatic rings. The third-order valence-electron chi connectivity index (χ3n) is 4.76. The van der Waals surface area contributed by atoms with Crippen LogP contribution in [0.1, 0.15) is 36.8 Å². The Hall–Kier alpha value is -2.00. The molecule has 1 aliphatic carbocycles. The molecular formula is C20H22ClNO2. The van der Waals surface area contributed by atoms with Crippen molar-refractivity contribution in [3.8, 4) is 5.75 Å². The van der Waals surface area contributed by atoms with Crippen LogP contribution in [-0.2, 0) is 16.8 Å². The summed E-state index contributed by atoms with van der Waals surface area (Å²) in [6, 6.07) is 15.5. The molecule has 0 saturated heterocycles. The number of methoxy groups -OCH3 is 1. The van der Waals surface area contributed by atoms with Gasteiger partial charge in [-0.2, -0.15) is 0 Å². The highest BCUT2D eigenvalue weighted by molar-refractivity contribution is 6.30. The summed E-state index contributed by atoms with van der Waals surface area (Å²) in [6.07, 6.45) is 4.44. The van der Waals surface area contributed by atoms with Crippen molar-refractivity contribution < 1.29 is 9.53 Å². The van der Waals surface area contributed by atoms with Gasteiger partial charge in [0.25, 0.3) is 0 Å². The Morgan fingerprint density at radius 2 is 1.92 bits per heavy atom. The zero-order valence-electron chi connectivity index (χ0n) is 13.8. The molecule has 0 spiro atoms. The fourth-order valence-electron chi connectivity index (χ4n) is 3.58. The summed E-state index contributed by atoms with van der Waals surface area (Å²) < 4.78 is 5.34. The van der Waals surface area contributed by atoms with Gasteiger partial charge in [-0.05, 0) is 36.6 Å². The van der Waals surface area contributed by atoms with E-state index in [2.05, 4.69) is 11.4 Å². The standard InChI is InChI=1S/C20H22ClNO2/c1-24-18-10-3-2-7-15(18)13-19(23)22-20(11-4-5-12-20)16-8-6-9-17(21)14-16/h2-3,6-10,14H,4-5,11-13H2,1H3,(H,22,23). The maximum Gasteiger partial charge on any atom is 0.225 e. The average Bonchev–Trinajstić information content (AvgIpc) is 3.05. The van der Waals surface area contributed by atoms with E-state index in [-0.39, 0.29) is 11.4 Å². The Kier molecular flexibility index (Phi) is 5.10. The predicted molar refractivity (Wildman–Crippen MR) is 96.4 cm³/mol. The van der Waals surface area contributed by atoms with Crippen molar-refractivity contribution in [3.63, 3.8) is 0 Å². The van der Waals surface area contributed by atoms with Crippen LogP contribution in [0.2, 0.25) is 5.02 Å². The molecule has 3 nitrogen and oxygen atoms in total. The van der Waals surface area contributed by atoms with Crippen molar-refractivity contribution in [2.45, 2.75) is 37.6 Å². The molecule has 1 amide bonds. The quantitative estimate of drug-likeness (QED) is 0.869. The largest absolute Gasteiger partial charge is 0.496 e. The van der Waals surface area contributed by atoms with Crippen LogP contribution in [0.15, 0.2) is 48.5 Å². The maximum absolute atomic E-state index is 12.7. The molecule has 0 bridgehead atoms. The molecule has 3 rings (SSSR count). The second kappa shape index (κ2) is 7.27. The van der Waals surface area contributed by atoms with Gasteiger partial charge in [-0.25, -0.2) is 0 Å². The number of para-hydroxylation sites is 1. The lowest BCUT2D eigenvalue weighted by molar-refractivity contribution is -0.122. The number of ether oxygens (including phenoxy) is 1. The first kappa shape index (κ1) is 16.8. The van der Waals surface area contributed by atoms with Crippen LogP contribution >= 0.6 is 11.6 Å². The summed E-state index contributed by atoms with van der Waals surface area (Å²) in [5, 5.41) is 3.99. The monoisotopic (exact) mass is 343 g/mol. The minimum absolute atomic E-state index is 0.0152. The Labute approximate surface area is 148 Å². The summed E-state index contributed by atoms with van der Waals surface area (Å²) >= 11 is 6.16. The molecule has 0 radical (unpaired) electrons. The molecular weight excluding hydrogens is 322 g/mol. The zero-order chi connectivity index (χ0) is 17.0. The highest BCUT2D eigenvalue weighted by Gasteiger charge is 2.37. The lowest BCUT2D eigenvalue weighted by Crippen LogP contribution is -2.44. The van der Waals surface area contributed by atoms with Crippen molar-refractivity contribution in [2.75, 3.05) is 7.11 Å². The first-order valence-electron chi connectivity index (χ1n) is 8.32. The molecule has 0 aromatic heterocycles. The molecule has 0 atom stereocenters. The maximum atomic E-state index is 12.7. The van der Waals surface area contributed by atoms with Crippen LogP contribution in [0.5, 0.6) is 5.75 Å². The fraction of sp³-hybridized carbons (Fsp3) is 0.350. The van der Waals surface area contributed by atoms with E-state index in [9.17, 15) is 4.79 Å². The minimum Gasteiger partial charge on any atom is -0.496 e. The number of hydrogen-bond donors (Lipinski definition) is 1. The average molecular weight is 344 g/mol. The van der Waals surface area contributed by atoms with Crippen LogP contribution in [0, 0.1) is 0 Å². The topological polar surface area (TPSA) is 38.3 Å². The smallest absolute Gasteiger partial charge is 0.225 e. The molecule has 1 fully saturated rings. The molecule has 0 heterocycles. The Morgan fingerprint density at radius 1 is 1.17 bits per heavy atom. The van der Waals surface area contributed by atoms with Gasteiger partial charge in [0.05, 0.1) is 19.1 Å². The van der Waals surface area contributed by atoms with E-state index < -0.39 is 0 Å². The highest BCUT2D eigenvalue weighted by atomic mass is 35.5. The minimum atomic E-state index is -0.302. The number of nitrogens with one attached hydrogen (secondary N) is 1. The van der Waals surface area contributed by atoms with Gasteiger partial charge in [0.1, 0.15) is 5.75 Å². The summed E-state index contributed by atoms with van der Waals surface area (Å²) in [5.74, 6) is 0.761. The van der Waals surface area contributed by atoms with Gasteiger partial charge in [0, 0.05) is 10.6 Å². The summed E-state index contributed by atoms with van der Waals surface area (Å²) in [4.78, 5) is 12.7. The number of amides is 1. The molecule has 1 saturated carbocycles. The third kappa shape index (κ3) is 3.57. The van der Waals surface area contributed by atoms with E-state index >= 15 is 0 Å². The Morgan fingerprint density at radius 3 is 2.62 bits per heavy atom. The molecule has 1 N–H and O–H groups in total. The Bertz CT molecular complexity index is 723. The number of carbonyl (C=O) groups excluding carboxylic acids is 1. The van der Waals surface area contributed by atoms with Gasteiger partial charge < -0.3 is 10.1 Å². The van der Waals surface area contributed by atoms with Crippen LogP contribution < -0.4 is 10.1 Å². The molecule has 4 heteroatoms. The van der Waals surface area contributed by atoms with E-state index in [0.717, 1.165) is 42.6 Å². The molecule has 0 unspecified atom stereocenters. The molecule has 126 valence electrons. The van der Waals surface area contributed by atoms with Crippen LogP contribution in [-0.4, -0.2) is 13.0 Å². The van der Waals surface area contributed by atoms with Crippen molar-refractivity contribution >= 4 is 17.5 Å². The SMILES string of the molecule is COc1ccccc1CC(=O)NC1(c2cccc(Cl)c2)CCCC1. The molecule has 2 aromatic carbocycles. The lowest BCUT2D eigenvalue weighted by Gasteiger charge is -2.31. The van der Waals surface area contributed by atoms with Crippen LogP contribution in [0.3, 0.4) is 0 Å². The van der Waals surface area contributed by atoms with Gasteiger partial charge in [-0.1, -0.05) is 54.8 Å². The fourth-order valence-corrected chi connectivity index (χ4v) is 3.77. The van der Waals surface area contributed by atoms with Gasteiger partial charge >= 0.3 is 0 Å². The number of halogens is 1. The van der Waals surface area contributed by atoms with E-state index in [0.29, 0.717) is 11.4 Å². The Balaban J connectivity index is 1.80. The van der Waals surface area contributed by atoms with Crippen molar-refractivity contribution in [1.29, 1.82) is 0 Å². The zero-order valence-corrected chi connectivity index (χ0v) is 14.6.